The van der Waals surface area contributed by atoms with E-state index in [0.717, 1.165) is 17.5 Å². The molecule has 1 amide bonds. The lowest BCUT2D eigenvalue weighted by molar-refractivity contribution is 0.0955. The summed E-state index contributed by atoms with van der Waals surface area (Å²) in [5, 5.41) is 4.65. The summed E-state index contributed by atoms with van der Waals surface area (Å²) in [6.45, 7) is 4.85. The van der Waals surface area contributed by atoms with Crippen LogP contribution >= 0.6 is 11.6 Å². The van der Waals surface area contributed by atoms with Gasteiger partial charge in [0.2, 0.25) is 0 Å². The van der Waals surface area contributed by atoms with Crippen LogP contribution in [0.5, 0.6) is 5.75 Å². The average Bonchev–Trinajstić information content (AvgIpc) is 2.69. The second-order valence-electron chi connectivity index (χ2n) is 6.86. The number of hydrogen-bond donors (Lipinski definition) is 1. The monoisotopic (exact) mass is 400 g/mol. The van der Waals surface area contributed by atoms with Crippen LogP contribution in [0.2, 0.25) is 5.02 Å². The number of nitrogens with zero attached hydrogens (tertiary/aromatic N) is 1. The van der Waals surface area contributed by atoms with Crippen LogP contribution < -0.4 is 10.2 Å². The van der Waals surface area contributed by atoms with Gasteiger partial charge in [-0.3, -0.25) is 4.79 Å². The lowest BCUT2D eigenvalue weighted by Crippen LogP contribution is -2.17. The van der Waals surface area contributed by atoms with Crippen LogP contribution in [-0.2, 0) is 0 Å². The number of halogens is 1. The zero-order chi connectivity index (χ0) is 20.2. The van der Waals surface area contributed by atoms with E-state index < -0.39 is 0 Å². The molecule has 150 valence electrons. The van der Waals surface area contributed by atoms with Gasteiger partial charge >= 0.3 is 0 Å². The summed E-state index contributed by atoms with van der Waals surface area (Å²) < 4.78 is 5.89. The first kappa shape index (κ1) is 22.0. The molecule has 2 aromatic rings. The highest BCUT2D eigenvalue weighted by molar-refractivity contribution is 6.30. The maximum absolute atomic E-state index is 12.1. The van der Waals surface area contributed by atoms with Gasteiger partial charge in [0.25, 0.3) is 5.91 Å². The molecule has 0 spiro atoms. The molecule has 0 aliphatic carbocycles. The van der Waals surface area contributed by atoms with Gasteiger partial charge in [0, 0.05) is 16.1 Å². The summed E-state index contributed by atoms with van der Waals surface area (Å²) in [7, 11) is 0. The van der Waals surface area contributed by atoms with E-state index in [0.29, 0.717) is 22.9 Å². The van der Waals surface area contributed by atoms with Gasteiger partial charge in [-0.15, -0.1) is 0 Å². The first-order valence-corrected chi connectivity index (χ1v) is 10.3. The van der Waals surface area contributed by atoms with E-state index in [4.69, 9.17) is 16.3 Å². The van der Waals surface area contributed by atoms with E-state index >= 15 is 0 Å². The van der Waals surface area contributed by atoms with Crippen LogP contribution in [0.25, 0.3) is 0 Å². The molecule has 2 aromatic carbocycles. The predicted octanol–water partition coefficient (Wildman–Crippen LogP) is 6.15. The summed E-state index contributed by atoms with van der Waals surface area (Å²) in [6, 6.07) is 12.7. The Morgan fingerprint density at radius 1 is 1.07 bits per heavy atom. The molecule has 0 aliphatic rings. The molecule has 28 heavy (non-hydrogen) atoms. The summed E-state index contributed by atoms with van der Waals surface area (Å²) in [5.41, 5.74) is 4.95. The van der Waals surface area contributed by atoms with Gasteiger partial charge in [0.15, 0.2) is 0 Å². The highest BCUT2D eigenvalue weighted by atomic mass is 35.5. The molecule has 0 saturated carbocycles. The van der Waals surface area contributed by atoms with Crippen molar-refractivity contribution < 1.29 is 9.53 Å². The van der Waals surface area contributed by atoms with Gasteiger partial charge in [0.1, 0.15) is 5.75 Å². The summed E-state index contributed by atoms with van der Waals surface area (Å²) >= 11 is 6.10. The fourth-order valence-corrected chi connectivity index (χ4v) is 2.93. The summed E-state index contributed by atoms with van der Waals surface area (Å²) in [4.78, 5) is 12.1. The predicted molar refractivity (Wildman–Crippen MR) is 117 cm³/mol. The van der Waals surface area contributed by atoms with Crippen molar-refractivity contribution in [2.24, 2.45) is 5.10 Å². The molecule has 1 N–H and O–H groups in total. The molecule has 0 radical (unpaired) electrons. The Bertz CT molecular complexity index is 773. The molecule has 0 saturated heterocycles. The molecule has 0 unspecified atom stereocenters. The number of amides is 1. The first-order valence-electron chi connectivity index (χ1n) is 9.92. The smallest absolute Gasteiger partial charge is 0.271 e. The number of aryl methyl sites for hydroxylation is 1. The van der Waals surface area contributed by atoms with E-state index in [9.17, 15) is 4.79 Å². The number of carbonyl (C=O) groups excluding carboxylic acids is 1. The number of ether oxygens (including phenoxy) is 1. The zero-order valence-electron chi connectivity index (χ0n) is 16.7. The van der Waals surface area contributed by atoms with Crippen molar-refractivity contribution in [2.75, 3.05) is 6.61 Å². The first-order chi connectivity index (χ1) is 13.6. The Labute approximate surface area is 172 Å². The molecular formula is C23H29ClN2O2. The normalized spacial score (nSPS) is 11.0. The highest BCUT2D eigenvalue weighted by Gasteiger charge is 2.05. The van der Waals surface area contributed by atoms with Crippen LogP contribution in [0, 0.1) is 6.92 Å². The minimum absolute atomic E-state index is 0.257. The largest absolute Gasteiger partial charge is 0.493 e. The van der Waals surface area contributed by atoms with E-state index in [2.05, 4.69) is 17.5 Å². The van der Waals surface area contributed by atoms with Gasteiger partial charge in [-0.1, -0.05) is 68.3 Å². The second-order valence-corrected chi connectivity index (χ2v) is 7.30. The third-order valence-corrected chi connectivity index (χ3v) is 4.65. The van der Waals surface area contributed by atoms with E-state index in [1.54, 1.807) is 30.5 Å². The van der Waals surface area contributed by atoms with Crippen molar-refractivity contribution in [1.82, 2.24) is 5.43 Å². The maximum Gasteiger partial charge on any atom is 0.271 e. The van der Waals surface area contributed by atoms with Crippen LogP contribution in [0.1, 0.15) is 66.9 Å². The minimum atomic E-state index is -0.257. The molecule has 0 heterocycles. The van der Waals surface area contributed by atoms with Crippen LogP contribution in [-0.4, -0.2) is 18.7 Å². The number of nitrogens with one attached hydrogen (secondary N) is 1. The molecule has 5 heteroatoms. The van der Waals surface area contributed by atoms with Gasteiger partial charge in [0.05, 0.1) is 12.8 Å². The van der Waals surface area contributed by atoms with Gasteiger partial charge in [-0.2, -0.15) is 5.10 Å². The average molecular weight is 401 g/mol. The molecule has 0 atom stereocenters. The number of carbonyl (C=O) groups is 1. The van der Waals surface area contributed by atoms with Crippen LogP contribution in [0.4, 0.5) is 0 Å². The number of unbranched alkanes of at least 4 members (excludes halogenated alkanes) is 5. The third-order valence-electron chi connectivity index (χ3n) is 4.41. The van der Waals surface area contributed by atoms with Crippen molar-refractivity contribution >= 4 is 23.7 Å². The topological polar surface area (TPSA) is 50.7 Å². The van der Waals surface area contributed by atoms with Crippen molar-refractivity contribution in [3.8, 4) is 5.75 Å². The quantitative estimate of drug-likeness (QED) is 0.279. The second kappa shape index (κ2) is 12.2. The maximum atomic E-state index is 12.1. The SMILES string of the molecule is CCCCCCCCOc1ccc(Cl)cc1/C=N/NC(=O)c1ccc(C)cc1. The standard InChI is InChI=1S/C23H29ClN2O2/c1-3-4-5-6-7-8-15-28-22-14-13-21(24)16-20(22)17-25-26-23(27)19-11-9-18(2)10-12-19/h9-14,16-17H,3-8,15H2,1-2H3,(H,26,27)/b25-17+. The molecule has 0 aliphatic heterocycles. The molecule has 0 bridgehead atoms. The molecule has 0 aromatic heterocycles. The lowest BCUT2D eigenvalue weighted by Gasteiger charge is -2.09. The number of rotatable bonds is 11. The summed E-state index contributed by atoms with van der Waals surface area (Å²) in [6.07, 6.45) is 8.84. The van der Waals surface area contributed by atoms with Crippen molar-refractivity contribution in [1.29, 1.82) is 0 Å². The third kappa shape index (κ3) is 7.73. The Kier molecular flexibility index (Phi) is 9.56. The fourth-order valence-electron chi connectivity index (χ4n) is 2.75. The van der Waals surface area contributed by atoms with E-state index in [1.165, 1.54) is 32.1 Å². The Morgan fingerprint density at radius 3 is 2.54 bits per heavy atom. The van der Waals surface area contributed by atoms with Gasteiger partial charge < -0.3 is 4.74 Å². The van der Waals surface area contributed by atoms with E-state index in [1.807, 2.05) is 25.1 Å². The molecular weight excluding hydrogens is 372 g/mol. The molecule has 2 rings (SSSR count). The van der Waals surface area contributed by atoms with Crippen LogP contribution in [0.3, 0.4) is 0 Å². The van der Waals surface area contributed by atoms with Crippen molar-refractivity contribution in [3.63, 3.8) is 0 Å². The van der Waals surface area contributed by atoms with Gasteiger partial charge in [-0.05, 0) is 43.7 Å². The Morgan fingerprint density at radius 2 is 1.79 bits per heavy atom. The minimum Gasteiger partial charge on any atom is -0.493 e. The number of hydrogen-bond acceptors (Lipinski definition) is 3. The summed E-state index contributed by atoms with van der Waals surface area (Å²) in [5.74, 6) is 0.458. The van der Waals surface area contributed by atoms with Gasteiger partial charge in [-0.25, -0.2) is 5.43 Å². The Balaban J connectivity index is 1.87. The van der Waals surface area contributed by atoms with E-state index in [-0.39, 0.29) is 5.91 Å². The van der Waals surface area contributed by atoms with Crippen LogP contribution in [0.15, 0.2) is 47.6 Å². The number of benzene rings is 2. The highest BCUT2D eigenvalue weighted by Crippen LogP contribution is 2.22. The zero-order valence-corrected chi connectivity index (χ0v) is 17.5. The van der Waals surface area contributed by atoms with Crippen molar-refractivity contribution in [3.05, 3.63) is 64.2 Å². The fraction of sp³-hybridized carbons (Fsp3) is 0.391. The molecule has 4 nitrogen and oxygen atoms in total. The lowest BCUT2D eigenvalue weighted by atomic mass is 10.1. The molecule has 0 fully saturated rings. The Hall–Kier alpha value is -2.33. The number of hydrazone groups is 1. The van der Waals surface area contributed by atoms with Crippen molar-refractivity contribution in [2.45, 2.75) is 52.4 Å².